The number of carbonyl (C=O) groups is 2. The van der Waals surface area contributed by atoms with Crippen molar-refractivity contribution in [1.29, 1.82) is 0 Å². The average molecular weight is 433 g/mol. The van der Waals surface area contributed by atoms with Gasteiger partial charge in [0, 0.05) is 25.0 Å². The molecule has 1 aliphatic rings. The van der Waals surface area contributed by atoms with Gasteiger partial charge in [0.2, 0.25) is 11.8 Å². The second-order valence-electron chi connectivity index (χ2n) is 8.18. The van der Waals surface area contributed by atoms with Gasteiger partial charge in [0.15, 0.2) is 0 Å². The van der Waals surface area contributed by atoms with Crippen LogP contribution in [0.2, 0.25) is 0 Å². The molecule has 0 bridgehead atoms. The van der Waals surface area contributed by atoms with E-state index < -0.39 is 0 Å². The molecule has 31 heavy (non-hydrogen) atoms. The highest BCUT2D eigenvalue weighted by Crippen LogP contribution is 2.35. The van der Waals surface area contributed by atoms with Gasteiger partial charge in [-0.2, -0.15) is 0 Å². The van der Waals surface area contributed by atoms with Crippen LogP contribution in [-0.2, 0) is 22.6 Å². The third-order valence-electron chi connectivity index (χ3n) is 5.98. The topological polar surface area (TPSA) is 40.6 Å². The maximum Gasteiger partial charge on any atom is 0.228 e. The maximum absolute atomic E-state index is 13.3. The van der Waals surface area contributed by atoms with Crippen molar-refractivity contribution in [3.05, 3.63) is 94.2 Å². The SMILES string of the molecule is CN(Cc1ccccc1)C(=O)[C@@H]1CC[C@H](c2ccccc2)N(C(=O)Cc2cccs2)C1. The van der Waals surface area contributed by atoms with Crippen molar-refractivity contribution in [2.75, 3.05) is 13.6 Å². The van der Waals surface area contributed by atoms with Crippen LogP contribution in [0.25, 0.3) is 0 Å². The van der Waals surface area contributed by atoms with Crippen LogP contribution in [-0.4, -0.2) is 35.2 Å². The largest absolute Gasteiger partial charge is 0.341 e. The highest BCUT2D eigenvalue weighted by atomic mass is 32.1. The Kier molecular flexibility index (Phi) is 6.82. The Morgan fingerprint density at radius 3 is 2.35 bits per heavy atom. The van der Waals surface area contributed by atoms with Gasteiger partial charge in [-0.1, -0.05) is 66.7 Å². The van der Waals surface area contributed by atoms with Crippen LogP contribution in [0.1, 0.15) is 34.9 Å². The van der Waals surface area contributed by atoms with E-state index in [1.807, 2.05) is 78.0 Å². The molecule has 0 unspecified atom stereocenters. The molecule has 2 atom stereocenters. The molecule has 2 aromatic carbocycles. The van der Waals surface area contributed by atoms with E-state index in [4.69, 9.17) is 0 Å². The van der Waals surface area contributed by atoms with Crippen LogP contribution in [0.15, 0.2) is 78.2 Å². The second-order valence-corrected chi connectivity index (χ2v) is 9.22. The Morgan fingerprint density at radius 1 is 0.968 bits per heavy atom. The van der Waals surface area contributed by atoms with Gasteiger partial charge in [-0.3, -0.25) is 9.59 Å². The summed E-state index contributed by atoms with van der Waals surface area (Å²) < 4.78 is 0. The summed E-state index contributed by atoms with van der Waals surface area (Å²) in [6.07, 6.45) is 1.98. The number of thiophene rings is 1. The van der Waals surface area contributed by atoms with Gasteiger partial charge >= 0.3 is 0 Å². The molecule has 2 heterocycles. The van der Waals surface area contributed by atoms with E-state index >= 15 is 0 Å². The standard InChI is InChI=1S/C26H28N2O2S/c1-27(18-20-9-4-2-5-10-20)26(30)22-14-15-24(21-11-6-3-7-12-21)28(19-22)25(29)17-23-13-8-16-31-23/h2-13,16,22,24H,14-15,17-19H2,1H3/t22-,24-/m1/s1. The van der Waals surface area contributed by atoms with Gasteiger partial charge in [-0.25, -0.2) is 0 Å². The number of benzene rings is 2. The molecule has 1 aliphatic heterocycles. The van der Waals surface area contributed by atoms with Crippen molar-refractivity contribution in [2.45, 2.75) is 31.8 Å². The lowest BCUT2D eigenvalue weighted by Crippen LogP contribution is -2.47. The fourth-order valence-electron chi connectivity index (χ4n) is 4.38. The molecule has 1 aromatic heterocycles. The summed E-state index contributed by atoms with van der Waals surface area (Å²) in [6.45, 7) is 1.06. The smallest absolute Gasteiger partial charge is 0.228 e. The molecule has 4 nitrogen and oxygen atoms in total. The molecule has 0 spiro atoms. The maximum atomic E-state index is 13.3. The molecule has 0 aliphatic carbocycles. The summed E-state index contributed by atoms with van der Waals surface area (Å²) in [5.74, 6) is 0.0461. The zero-order valence-corrected chi connectivity index (χ0v) is 18.6. The first-order valence-corrected chi connectivity index (χ1v) is 11.7. The van der Waals surface area contributed by atoms with E-state index in [0.29, 0.717) is 19.5 Å². The number of carbonyl (C=O) groups excluding carboxylic acids is 2. The average Bonchev–Trinajstić information content (AvgIpc) is 3.32. The van der Waals surface area contributed by atoms with Gasteiger partial charge in [-0.05, 0) is 35.4 Å². The first-order valence-electron chi connectivity index (χ1n) is 10.8. The summed E-state index contributed by atoms with van der Waals surface area (Å²) in [5.41, 5.74) is 2.26. The molecule has 0 N–H and O–H groups in total. The Morgan fingerprint density at radius 2 is 1.68 bits per heavy atom. The highest BCUT2D eigenvalue weighted by molar-refractivity contribution is 7.10. The summed E-state index contributed by atoms with van der Waals surface area (Å²) in [4.78, 5) is 31.3. The van der Waals surface area contributed by atoms with Crippen LogP contribution in [0.3, 0.4) is 0 Å². The number of hydrogen-bond acceptors (Lipinski definition) is 3. The van der Waals surface area contributed by atoms with Crippen molar-refractivity contribution in [2.24, 2.45) is 5.92 Å². The lowest BCUT2D eigenvalue weighted by Gasteiger charge is -2.40. The minimum atomic E-state index is -0.166. The van der Waals surface area contributed by atoms with Crippen LogP contribution < -0.4 is 0 Å². The lowest BCUT2D eigenvalue weighted by molar-refractivity contribution is -0.142. The van der Waals surface area contributed by atoms with E-state index in [9.17, 15) is 9.59 Å². The number of hydrogen-bond donors (Lipinski definition) is 0. The number of nitrogens with zero attached hydrogens (tertiary/aromatic N) is 2. The third kappa shape index (κ3) is 5.23. The molecule has 3 aromatic rings. The Hall–Kier alpha value is -2.92. The molecule has 1 fully saturated rings. The fraction of sp³-hybridized carbons (Fsp3) is 0.308. The first-order chi connectivity index (χ1) is 15.1. The van der Waals surface area contributed by atoms with E-state index in [1.54, 1.807) is 16.2 Å². The predicted octanol–water partition coefficient (Wildman–Crippen LogP) is 4.93. The van der Waals surface area contributed by atoms with Crippen molar-refractivity contribution < 1.29 is 9.59 Å². The van der Waals surface area contributed by atoms with Gasteiger partial charge in [0.1, 0.15) is 0 Å². The number of rotatable bonds is 6. The number of likely N-dealkylation sites (tertiary alicyclic amines) is 1. The van der Waals surface area contributed by atoms with Crippen molar-refractivity contribution in [3.8, 4) is 0 Å². The second kappa shape index (κ2) is 9.92. The van der Waals surface area contributed by atoms with Crippen molar-refractivity contribution in [3.63, 3.8) is 0 Å². The van der Waals surface area contributed by atoms with Gasteiger partial charge in [-0.15, -0.1) is 11.3 Å². The molecular weight excluding hydrogens is 404 g/mol. The van der Waals surface area contributed by atoms with Crippen LogP contribution >= 0.6 is 11.3 Å². The summed E-state index contributed by atoms with van der Waals surface area (Å²) in [5, 5.41) is 2.00. The van der Waals surface area contributed by atoms with Crippen LogP contribution in [0.5, 0.6) is 0 Å². The molecule has 5 heteroatoms. The summed E-state index contributed by atoms with van der Waals surface area (Å²) in [7, 11) is 1.86. The van der Waals surface area contributed by atoms with Gasteiger partial charge in [0.25, 0.3) is 0 Å². The quantitative estimate of drug-likeness (QED) is 0.554. The summed E-state index contributed by atoms with van der Waals surface area (Å²) >= 11 is 1.60. The Balaban J connectivity index is 1.50. The zero-order valence-electron chi connectivity index (χ0n) is 17.8. The third-order valence-corrected chi connectivity index (χ3v) is 6.86. The first kappa shape index (κ1) is 21.3. The summed E-state index contributed by atoms with van der Waals surface area (Å²) in [6, 6.07) is 24.2. The van der Waals surface area contributed by atoms with Crippen LogP contribution in [0, 0.1) is 5.92 Å². The van der Waals surface area contributed by atoms with E-state index in [1.165, 1.54) is 0 Å². The molecule has 4 rings (SSSR count). The van der Waals surface area contributed by atoms with Crippen LogP contribution in [0.4, 0.5) is 0 Å². The Bertz CT molecular complexity index is 989. The predicted molar refractivity (Wildman–Crippen MR) is 125 cm³/mol. The molecule has 1 saturated heterocycles. The molecule has 0 saturated carbocycles. The zero-order chi connectivity index (χ0) is 21.6. The fourth-order valence-corrected chi connectivity index (χ4v) is 5.08. The molecule has 160 valence electrons. The van der Waals surface area contributed by atoms with E-state index in [0.717, 1.165) is 28.8 Å². The molecule has 0 radical (unpaired) electrons. The van der Waals surface area contributed by atoms with Gasteiger partial charge in [0.05, 0.1) is 18.4 Å². The van der Waals surface area contributed by atoms with E-state index in [2.05, 4.69) is 12.1 Å². The Labute approximate surface area is 188 Å². The highest BCUT2D eigenvalue weighted by Gasteiger charge is 2.36. The van der Waals surface area contributed by atoms with Crippen molar-refractivity contribution >= 4 is 23.2 Å². The molecular formula is C26H28N2O2S. The van der Waals surface area contributed by atoms with Crippen molar-refractivity contribution in [1.82, 2.24) is 9.80 Å². The monoisotopic (exact) mass is 432 g/mol. The van der Waals surface area contributed by atoms with E-state index in [-0.39, 0.29) is 23.8 Å². The molecule has 2 amide bonds. The number of piperidine rings is 1. The minimum absolute atomic E-state index is 0.0251. The van der Waals surface area contributed by atoms with Gasteiger partial charge < -0.3 is 9.80 Å². The number of amides is 2. The normalized spacial score (nSPS) is 18.5. The minimum Gasteiger partial charge on any atom is -0.341 e. The lowest BCUT2D eigenvalue weighted by atomic mass is 9.87.